The second-order valence-corrected chi connectivity index (χ2v) is 7.51. The fourth-order valence-electron chi connectivity index (χ4n) is 2.61. The third-order valence-electron chi connectivity index (χ3n) is 3.68. The van der Waals surface area contributed by atoms with Gasteiger partial charge in [-0.3, -0.25) is 9.00 Å². The molecule has 0 radical (unpaired) electrons. The Balaban J connectivity index is 1.97. The molecule has 104 valence electrons. The standard InChI is InChI=1S/C15H19ClO2S/c1-11-4-2-7-14(8-11)19(18)10-15(17)12-5-3-6-13(16)9-12/h3,5-6,9,11,14H,2,4,7-8,10H2,1H3. The van der Waals surface area contributed by atoms with Crippen molar-refractivity contribution >= 4 is 28.2 Å². The molecule has 1 fully saturated rings. The van der Waals surface area contributed by atoms with E-state index in [4.69, 9.17) is 11.6 Å². The van der Waals surface area contributed by atoms with Gasteiger partial charge in [0.2, 0.25) is 0 Å². The first kappa shape index (κ1) is 14.7. The molecule has 2 nitrogen and oxygen atoms in total. The second kappa shape index (κ2) is 6.67. The normalized spacial score (nSPS) is 24.9. The SMILES string of the molecule is CC1CCCC(S(=O)CC(=O)c2cccc(Cl)c2)C1. The summed E-state index contributed by atoms with van der Waals surface area (Å²) in [5.41, 5.74) is 0.560. The van der Waals surface area contributed by atoms with E-state index < -0.39 is 10.8 Å². The van der Waals surface area contributed by atoms with Crippen LogP contribution in [-0.2, 0) is 10.8 Å². The van der Waals surface area contributed by atoms with Crippen LogP contribution in [0.2, 0.25) is 5.02 Å². The van der Waals surface area contributed by atoms with Gasteiger partial charge in [-0.05, 0) is 30.9 Å². The highest BCUT2D eigenvalue weighted by molar-refractivity contribution is 7.86. The van der Waals surface area contributed by atoms with E-state index in [0.717, 1.165) is 19.3 Å². The highest BCUT2D eigenvalue weighted by atomic mass is 35.5. The number of halogens is 1. The predicted octanol–water partition coefficient (Wildman–Crippen LogP) is 3.85. The van der Waals surface area contributed by atoms with E-state index >= 15 is 0 Å². The molecule has 19 heavy (non-hydrogen) atoms. The molecule has 0 amide bonds. The van der Waals surface area contributed by atoms with Gasteiger partial charge in [-0.25, -0.2) is 0 Å². The first-order valence-corrected chi connectivity index (χ1v) is 8.48. The molecule has 3 unspecified atom stereocenters. The highest BCUT2D eigenvalue weighted by Gasteiger charge is 2.25. The van der Waals surface area contributed by atoms with Crippen LogP contribution in [0.1, 0.15) is 43.0 Å². The maximum atomic E-state index is 12.3. The molecule has 0 spiro atoms. The van der Waals surface area contributed by atoms with Crippen molar-refractivity contribution in [1.82, 2.24) is 0 Å². The number of carbonyl (C=O) groups is 1. The van der Waals surface area contributed by atoms with Gasteiger partial charge >= 0.3 is 0 Å². The monoisotopic (exact) mass is 298 g/mol. The molecule has 1 aliphatic carbocycles. The summed E-state index contributed by atoms with van der Waals surface area (Å²) in [6.45, 7) is 2.20. The van der Waals surface area contributed by atoms with Gasteiger partial charge in [0.05, 0.1) is 5.75 Å². The van der Waals surface area contributed by atoms with Crippen molar-refractivity contribution in [3.05, 3.63) is 34.9 Å². The molecule has 1 aromatic rings. The Morgan fingerprint density at radius 2 is 2.21 bits per heavy atom. The van der Waals surface area contributed by atoms with Crippen LogP contribution in [-0.4, -0.2) is 21.0 Å². The van der Waals surface area contributed by atoms with E-state index in [1.807, 2.05) is 0 Å². The number of benzene rings is 1. The third-order valence-corrected chi connectivity index (χ3v) is 5.63. The third kappa shape index (κ3) is 4.15. The minimum Gasteiger partial charge on any atom is -0.293 e. The average molecular weight is 299 g/mol. The first-order chi connectivity index (χ1) is 9.06. The largest absolute Gasteiger partial charge is 0.293 e. The van der Waals surface area contributed by atoms with Crippen LogP contribution in [0.25, 0.3) is 0 Å². The molecule has 4 heteroatoms. The summed E-state index contributed by atoms with van der Waals surface area (Å²) in [7, 11) is -1.06. The van der Waals surface area contributed by atoms with E-state index in [9.17, 15) is 9.00 Å². The molecule has 3 atom stereocenters. The fraction of sp³-hybridized carbons (Fsp3) is 0.533. The summed E-state index contributed by atoms with van der Waals surface area (Å²) in [5.74, 6) is 0.681. The maximum absolute atomic E-state index is 12.3. The minimum atomic E-state index is -1.06. The van der Waals surface area contributed by atoms with Crippen LogP contribution in [0, 0.1) is 5.92 Å². The lowest BCUT2D eigenvalue weighted by molar-refractivity contribution is 0.102. The van der Waals surface area contributed by atoms with Crippen LogP contribution in [0.4, 0.5) is 0 Å². The van der Waals surface area contributed by atoms with Crippen molar-refractivity contribution in [2.45, 2.75) is 37.9 Å². The molecule has 1 saturated carbocycles. The van der Waals surface area contributed by atoms with Gasteiger partial charge in [0, 0.05) is 26.6 Å². The average Bonchev–Trinajstić information content (AvgIpc) is 2.38. The first-order valence-electron chi connectivity index (χ1n) is 6.72. The number of ketones is 1. The Bertz CT molecular complexity index is 487. The molecular formula is C15H19ClO2S. The zero-order valence-corrected chi connectivity index (χ0v) is 12.7. The summed E-state index contributed by atoms with van der Waals surface area (Å²) in [5, 5.41) is 0.731. The molecular weight excluding hydrogens is 280 g/mol. The van der Waals surface area contributed by atoms with Gasteiger partial charge in [0.15, 0.2) is 5.78 Å². The molecule has 1 aliphatic rings. The van der Waals surface area contributed by atoms with Crippen LogP contribution in [0.15, 0.2) is 24.3 Å². The quantitative estimate of drug-likeness (QED) is 0.791. The molecule has 2 rings (SSSR count). The van der Waals surface area contributed by atoms with Crippen molar-refractivity contribution in [2.75, 3.05) is 5.75 Å². The lowest BCUT2D eigenvalue weighted by Gasteiger charge is -2.25. The van der Waals surface area contributed by atoms with Crippen LogP contribution < -0.4 is 0 Å². The fourth-order valence-corrected chi connectivity index (χ4v) is 4.43. The molecule has 0 aliphatic heterocycles. The number of hydrogen-bond donors (Lipinski definition) is 0. The summed E-state index contributed by atoms with van der Waals surface area (Å²) < 4.78 is 12.3. The Labute approximate surface area is 122 Å². The van der Waals surface area contributed by atoms with Gasteiger partial charge in [0.25, 0.3) is 0 Å². The van der Waals surface area contributed by atoms with Gasteiger partial charge in [-0.1, -0.05) is 43.5 Å². The smallest absolute Gasteiger partial charge is 0.175 e. The molecule has 0 N–H and O–H groups in total. The van der Waals surface area contributed by atoms with Gasteiger partial charge in [-0.2, -0.15) is 0 Å². The van der Waals surface area contributed by atoms with E-state index in [1.165, 1.54) is 6.42 Å². The zero-order valence-electron chi connectivity index (χ0n) is 11.1. The Morgan fingerprint density at radius 3 is 2.89 bits per heavy atom. The second-order valence-electron chi connectivity index (χ2n) is 5.35. The van der Waals surface area contributed by atoms with Crippen molar-refractivity contribution in [3.63, 3.8) is 0 Å². The summed E-state index contributed by atoms with van der Waals surface area (Å²) in [6.07, 6.45) is 4.31. The molecule has 0 heterocycles. The van der Waals surface area contributed by atoms with Gasteiger partial charge < -0.3 is 0 Å². The maximum Gasteiger partial charge on any atom is 0.175 e. The van der Waals surface area contributed by atoms with E-state index in [0.29, 0.717) is 16.5 Å². The zero-order chi connectivity index (χ0) is 13.8. The Morgan fingerprint density at radius 1 is 1.42 bits per heavy atom. The van der Waals surface area contributed by atoms with Crippen LogP contribution >= 0.6 is 11.6 Å². The molecule has 0 aromatic heterocycles. The van der Waals surface area contributed by atoms with Crippen molar-refractivity contribution in [1.29, 1.82) is 0 Å². The summed E-state index contributed by atoms with van der Waals surface area (Å²) >= 11 is 5.87. The summed E-state index contributed by atoms with van der Waals surface area (Å²) in [4.78, 5) is 12.1. The van der Waals surface area contributed by atoms with Gasteiger partial charge in [0.1, 0.15) is 0 Å². The predicted molar refractivity (Wildman–Crippen MR) is 80.2 cm³/mol. The molecule has 0 saturated heterocycles. The van der Waals surface area contributed by atoms with E-state index in [-0.39, 0.29) is 16.8 Å². The number of carbonyl (C=O) groups excluding carboxylic acids is 1. The van der Waals surface area contributed by atoms with Crippen molar-refractivity contribution in [2.24, 2.45) is 5.92 Å². The van der Waals surface area contributed by atoms with Crippen molar-refractivity contribution < 1.29 is 9.00 Å². The minimum absolute atomic E-state index is 0.0703. The number of Topliss-reactive ketones (excluding diaryl/α,β-unsaturated/α-hetero) is 1. The highest BCUT2D eigenvalue weighted by Crippen LogP contribution is 2.27. The Kier molecular flexibility index (Phi) is 5.17. The van der Waals surface area contributed by atoms with Crippen molar-refractivity contribution in [3.8, 4) is 0 Å². The van der Waals surface area contributed by atoms with E-state index in [1.54, 1.807) is 24.3 Å². The van der Waals surface area contributed by atoms with Crippen LogP contribution in [0.3, 0.4) is 0 Å². The van der Waals surface area contributed by atoms with Gasteiger partial charge in [-0.15, -0.1) is 0 Å². The Hall–Kier alpha value is -0.670. The lowest BCUT2D eigenvalue weighted by Crippen LogP contribution is -2.27. The lowest BCUT2D eigenvalue weighted by atomic mass is 9.91. The number of hydrogen-bond acceptors (Lipinski definition) is 2. The number of rotatable bonds is 4. The molecule has 1 aromatic carbocycles. The van der Waals surface area contributed by atoms with E-state index in [2.05, 4.69) is 6.92 Å². The molecule has 0 bridgehead atoms. The topological polar surface area (TPSA) is 34.1 Å². The summed E-state index contributed by atoms with van der Waals surface area (Å²) in [6, 6.07) is 6.86. The van der Waals surface area contributed by atoms with Crippen LogP contribution in [0.5, 0.6) is 0 Å².